The molecule has 0 saturated carbocycles. The third kappa shape index (κ3) is 4.37. The third-order valence-electron chi connectivity index (χ3n) is 4.79. The van der Waals surface area contributed by atoms with E-state index < -0.39 is 15.9 Å². The van der Waals surface area contributed by atoms with Crippen LogP contribution in [-0.4, -0.2) is 49.1 Å². The van der Waals surface area contributed by atoms with Crippen molar-refractivity contribution < 1.29 is 17.9 Å². The fourth-order valence-corrected chi connectivity index (χ4v) is 4.22. The zero-order chi connectivity index (χ0) is 23.6. The van der Waals surface area contributed by atoms with Crippen molar-refractivity contribution in [3.05, 3.63) is 58.5 Å². The molecule has 1 heterocycles. The quantitative estimate of drug-likeness (QED) is 0.583. The average molecular weight is 459 g/mol. The van der Waals surface area contributed by atoms with Crippen LogP contribution in [0.5, 0.6) is 5.75 Å². The number of sulfonamides is 1. The van der Waals surface area contributed by atoms with Crippen molar-refractivity contribution in [2.45, 2.75) is 31.7 Å². The van der Waals surface area contributed by atoms with Crippen LogP contribution in [0.15, 0.2) is 52.2 Å². The number of ether oxygens (including phenoxy) is 1. The third-order valence-corrected chi connectivity index (χ3v) is 6.63. The maximum absolute atomic E-state index is 13.1. The molecule has 3 rings (SSSR count). The summed E-state index contributed by atoms with van der Waals surface area (Å²) in [5.41, 5.74) is 0.0411. The summed E-state index contributed by atoms with van der Waals surface area (Å²) in [6.45, 7) is 5.64. The molecule has 0 saturated heterocycles. The van der Waals surface area contributed by atoms with E-state index >= 15 is 0 Å². The maximum Gasteiger partial charge on any atom is 0.276 e. The second kappa shape index (κ2) is 9.09. The molecule has 3 aromatic rings. The predicted octanol–water partition coefficient (Wildman–Crippen LogP) is 2.88. The molecule has 0 atom stereocenters. The molecule has 0 spiro atoms. The summed E-state index contributed by atoms with van der Waals surface area (Å²) < 4.78 is 33.3. The van der Waals surface area contributed by atoms with Crippen LogP contribution in [0.2, 0.25) is 0 Å². The number of carbonyl (C=O) groups excluding carboxylic acids is 1. The lowest BCUT2D eigenvalue weighted by Gasteiger charge is -2.17. The number of nitrogens with one attached hydrogen (secondary N) is 1. The lowest BCUT2D eigenvalue weighted by molar-refractivity contribution is 0.102. The molecule has 0 aliphatic rings. The molecular formula is C22H26N4O5S. The molecule has 0 aliphatic heterocycles. The van der Waals surface area contributed by atoms with Gasteiger partial charge >= 0.3 is 0 Å². The molecule has 32 heavy (non-hydrogen) atoms. The Balaban J connectivity index is 2.09. The zero-order valence-electron chi connectivity index (χ0n) is 18.6. The Labute approximate surface area is 186 Å². The van der Waals surface area contributed by atoms with Gasteiger partial charge in [-0.1, -0.05) is 18.2 Å². The molecule has 0 unspecified atom stereocenters. The SMILES string of the molecule is CCOc1ccc(NC(=O)c2nn(C(C)C)c(=O)c3ccccc23)cc1S(=O)(=O)N(C)C. The molecule has 1 aromatic heterocycles. The minimum Gasteiger partial charge on any atom is -0.492 e. The number of benzene rings is 2. The highest BCUT2D eigenvalue weighted by atomic mass is 32.2. The predicted molar refractivity (Wildman–Crippen MR) is 123 cm³/mol. The van der Waals surface area contributed by atoms with Gasteiger partial charge in [0.05, 0.1) is 18.0 Å². The lowest BCUT2D eigenvalue weighted by Crippen LogP contribution is -2.29. The molecule has 0 radical (unpaired) electrons. The van der Waals surface area contributed by atoms with E-state index in [0.717, 1.165) is 4.31 Å². The summed E-state index contributed by atoms with van der Waals surface area (Å²) in [4.78, 5) is 25.8. The Morgan fingerprint density at radius 3 is 2.41 bits per heavy atom. The number of anilines is 1. The van der Waals surface area contributed by atoms with Crippen LogP contribution < -0.4 is 15.6 Å². The fraction of sp³-hybridized carbons (Fsp3) is 0.318. The van der Waals surface area contributed by atoms with E-state index in [1.165, 1.54) is 30.9 Å². The van der Waals surface area contributed by atoms with Crippen molar-refractivity contribution >= 4 is 32.4 Å². The van der Waals surface area contributed by atoms with Gasteiger partial charge in [0, 0.05) is 25.2 Å². The fourth-order valence-electron chi connectivity index (χ4n) is 3.17. The number of hydrogen-bond acceptors (Lipinski definition) is 6. The van der Waals surface area contributed by atoms with E-state index in [4.69, 9.17) is 4.74 Å². The van der Waals surface area contributed by atoms with Crippen molar-refractivity contribution in [3.8, 4) is 5.75 Å². The highest BCUT2D eigenvalue weighted by Crippen LogP contribution is 2.29. The van der Waals surface area contributed by atoms with Gasteiger partial charge in [0.2, 0.25) is 10.0 Å². The number of amides is 1. The Hall–Kier alpha value is -3.24. The first-order chi connectivity index (χ1) is 15.1. The van der Waals surface area contributed by atoms with E-state index in [2.05, 4.69) is 10.4 Å². The van der Waals surface area contributed by atoms with E-state index in [9.17, 15) is 18.0 Å². The average Bonchev–Trinajstić information content (AvgIpc) is 2.74. The summed E-state index contributed by atoms with van der Waals surface area (Å²) in [7, 11) is -0.979. The van der Waals surface area contributed by atoms with Crippen molar-refractivity contribution in [1.82, 2.24) is 14.1 Å². The van der Waals surface area contributed by atoms with Crippen molar-refractivity contribution in [2.24, 2.45) is 0 Å². The van der Waals surface area contributed by atoms with Crippen molar-refractivity contribution in [3.63, 3.8) is 0 Å². The molecule has 0 fully saturated rings. The van der Waals surface area contributed by atoms with Crippen LogP contribution in [0.1, 0.15) is 37.3 Å². The van der Waals surface area contributed by atoms with Gasteiger partial charge in [0.15, 0.2) is 5.69 Å². The highest BCUT2D eigenvalue weighted by Gasteiger charge is 2.24. The second-order valence-corrected chi connectivity index (χ2v) is 9.69. The minimum absolute atomic E-state index is 0.0629. The Morgan fingerprint density at radius 1 is 1.16 bits per heavy atom. The molecule has 9 nitrogen and oxygen atoms in total. The molecular weight excluding hydrogens is 432 g/mol. The van der Waals surface area contributed by atoms with Crippen LogP contribution in [0.3, 0.4) is 0 Å². The van der Waals surface area contributed by atoms with Crippen LogP contribution in [-0.2, 0) is 10.0 Å². The van der Waals surface area contributed by atoms with Crippen LogP contribution in [0.25, 0.3) is 10.8 Å². The van der Waals surface area contributed by atoms with Crippen LogP contribution in [0, 0.1) is 0 Å². The van der Waals surface area contributed by atoms with Gasteiger partial charge < -0.3 is 10.1 Å². The topological polar surface area (TPSA) is 111 Å². The largest absolute Gasteiger partial charge is 0.492 e. The number of aromatic nitrogens is 2. The molecule has 0 aliphatic carbocycles. The van der Waals surface area contributed by atoms with Gasteiger partial charge in [-0.3, -0.25) is 9.59 Å². The molecule has 2 aromatic carbocycles. The van der Waals surface area contributed by atoms with Gasteiger partial charge in [-0.05, 0) is 45.0 Å². The van der Waals surface area contributed by atoms with Crippen molar-refractivity contribution in [2.75, 3.05) is 26.0 Å². The number of hydrogen-bond donors (Lipinski definition) is 1. The maximum atomic E-state index is 13.1. The monoisotopic (exact) mass is 458 g/mol. The number of nitrogens with zero attached hydrogens (tertiary/aromatic N) is 3. The number of fused-ring (bicyclic) bond motifs is 1. The number of carbonyl (C=O) groups is 1. The van der Waals surface area contributed by atoms with E-state index in [-0.39, 0.29) is 40.2 Å². The summed E-state index contributed by atoms with van der Waals surface area (Å²) in [5.74, 6) is -0.371. The normalized spacial score (nSPS) is 11.8. The zero-order valence-corrected chi connectivity index (χ0v) is 19.4. The van der Waals surface area contributed by atoms with Crippen molar-refractivity contribution in [1.29, 1.82) is 0 Å². The van der Waals surface area contributed by atoms with E-state index in [1.807, 2.05) is 0 Å². The van der Waals surface area contributed by atoms with E-state index in [1.54, 1.807) is 51.1 Å². The Bertz CT molecular complexity index is 1330. The summed E-state index contributed by atoms with van der Waals surface area (Å²) >= 11 is 0. The highest BCUT2D eigenvalue weighted by molar-refractivity contribution is 7.89. The molecule has 1 N–H and O–H groups in total. The van der Waals surface area contributed by atoms with Gasteiger partial charge in [-0.15, -0.1) is 0 Å². The van der Waals surface area contributed by atoms with Gasteiger partial charge in [0.25, 0.3) is 11.5 Å². The molecule has 1 amide bonds. The first kappa shape index (κ1) is 23.4. The van der Waals surface area contributed by atoms with Gasteiger partial charge in [0.1, 0.15) is 10.6 Å². The Kier molecular flexibility index (Phi) is 6.65. The molecule has 0 bridgehead atoms. The molecule has 170 valence electrons. The summed E-state index contributed by atoms with van der Waals surface area (Å²) in [5, 5.41) is 7.78. The summed E-state index contributed by atoms with van der Waals surface area (Å²) in [6, 6.07) is 10.9. The lowest BCUT2D eigenvalue weighted by atomic mass is 10.1. The van der Waals surface area contributed by atoms with Crippen LogP contribution >= 0.6 is 0 Å². The van der Waals surface area contributed by atoms with Gasteiger partial charge in [-0.25, -0.2) is 17.4 Å². The Morgan fingerprint density at radius 2 is 1.81 bits per heavy atom. The standard InChI is InChI=1S/C22H26N4O5S/c1-6-31-18-12-11-15(13-19(18)32(29,30)25(4)5)23-21(27)20-16-9-7-8-10-17(16)22(28)26(24-20)14(2)3/h7-14H,6H2,1-5H3,(H,23,27). The van der Waals surface area contributed by atoms with Crippen LogP contribution in [0.4, 0.5) is 5.69 Å². The van der Waals surface area contributed by atoms with E-state index in [0.29, 0.717) is 10.8 Å². The second-order valence-electron chi connectivity index (χ2n) is 7.57. The first-order valence-corrected chi connectivity index (χ1v) is 11.5. The smallest absolute Gasteiger partial charge is 0.276 e. The minimum atomic E-state index is -3.81. The molecule has 10 heteroatoms. The summed E-state index contributed by atoms with van der Waals surface area (Å²) in [6.07, 6.45) is 0. The number of rotatable bonds is 7. The van der Waals surface area contributed by atoms with Gasteiger partial charge in [-0.2, -0.15) is 5.10 Å². The first-order valence-electron chi connectivity index (χ1n) is 10.1.